The Morgan fingerprint density at radius 2 is 1.84 bits per heavy atom. The fraction of sp³-hybridized carbons (Fsp3) is 0.111. The van der Waals surface area contributed by atoms with E-state index >= 15 is 0 Å². The van der Waals surface area contributed by atoms with Crippen molar-refractivity contribution in [2.24, 2.45) is 0 Å². The summed E-state index contributed by atoms with van der Waals surface area (Å²) in [5.41, 5.74) is 7.82. The van der Waals surface area contributed by atoms with Gasteiger partial charge in [-0.15, -0.1) is 0 Å². The second kappa shape index (κ2) is 9.47. The van der Waals surface area contributed by atoms with Gasteiger partial charge in [0.05, 0.1) is 23.3 Å². The predicted octanol–water partition coefficient (Wildman–Crippen LogP) is 4.31. The fourth-order valence-electron chi connectivity index (χ4n) is 4.22. The minimum atomic E-state index is -0.534. The summed E-state index contributed by atoms with van der Waals surface area (Å²) in [5, 5.41) is 13.8. The zero-order valence-electron chi connectivity index (χ0n) is 20.0. The van der Waals surface area contributed by atoms with E-state index in [1.54, 1.807) is 31.5 Å². The Bertz CT molecular complexity index is 1740. The molecule has 0 aliphatic carbocycles. The first-order valence-corrected chi connectivity index (χ1v) is 11.4. The van der Waals surface area contributed by atoms with Gasteiger partial charge in [0.1, 0.15) is 29.1 Å². The van der Waals surface area contributed by atoms with Gasteiger partial charge in [-0.2, -0.15) is 10.2 Å². The van der Waals surface area contributed by atoms with E-state index in [-0.39, 0.29) is 22.9 Å². The van der Waals surface area contributed by atoms with Gasteiger partial charge in [0, 0.05) is 23.7 Å². The number of hydrogen-bond acceptors (Lipinski definition) is 8. The molecular formula is C27H21FN8O. The average Bonchev–Trinajstić information content (AvgIpc) is 2.89. The van der Waals surface area contributed by atoms with Crippen molar-refractivity contribution in [1.82, 2.24) is 24.5 Å². The molecule has 2 aromatic carbocycles. The standard InChI is InChI=1S/C27H21FN8O/c1-15(34-25-18(11-29)12-33-27(30)35-25)23-9-17-5-3-8-22(19-13-31-16(2)32-14-19)24(17)26(37)36(23)21-7-4-6-20(28)10-21/h3-10,12-15H,1-2H3,(H3,30,33,34,35). The van der Waals surface area contributed by atoms with Crippen molar-refractivity contribution in [2.45, 2.75) is 19.9 Å². The van der Waals surface area contributed by atoms with E-state index in [1.807, 2.05) is 37.3 Å². The zero-order chi connectivity index (χ0) is 26.1. The van der Waals surface area contributed by atoms with E-state index in [9.17, 15) is 14.4 Å². The summed E-state index contributed by atoms with van der Waals surface area (Å²) in [7, 11) is 0. The molecule has 0 aliphatic rings. The van der Waals surface area contributed by atoms with Crippen molar-refractivity contribution in [2.75, 3.05) is 11.1 Å². The van der Waals surface area contributed by atoms with Crippen molar-refractivity contribution < 1.29 is 4.39 Å². The molecule has 0 aliphatic heterocycles. The van der Waals surface area contributed by atoms with Crippen LogP contribution in [0.4, 0.5) is 16.2 Å². The highest BCUT2D eigenvalue weighted by molar-refractivity contribution is 5.96. The maximum Gasteiger partial charge on any atom is 0.263 e. The minimum absolute atomic E-state index is 0.000286. The van der Waals surface area contributed by atoms with Gasteiger partial charge >= 0.3 is 0 Å². The molecule has 0 bridgehead atoms. The van der Waals surface area contributed by atoms with Gasteiger partial charge in [-0.3, -0.25) is 9.36 Å². The lowest BCUT2D eigenvalue weighted by atomic mass is 9.99. The quantitative estimate of drug-likeness (QED) is 0.370. The maximum absolute atomic E-state index is 14.3. The van der Waals surface area contributed by atoms with Gasteiger partial charge in [0.2, 0.25) is 5.95 Å². The summed E-state index contributed by atoms with van der Waals surface area (Å²) in [6.45, 7) is 3.60. The zero-order valence-corrected chi connectivity index (χ0v) is 20.0. The van der Waals surface area contributed by atoms with Crippen molar-refractivity contribution in [1.29, 1.82) is 5.26 Å². The smallest absolute Gasteiger partial charge is 0.263 e. The molecule has 0 amide bonds. The summed E-state index contributed by atoms with van der Waals surface area (Å²) in [6, 6.07) is 14.7. The highest BCUT2D eigenvalue weighted by atomic mass is 19.1. The van der Waals surface area contributed by atoms with Crippen LogP contribution in [0.25, 0.3) is 27.6 Å². The lowest BCUT2D eigenvalue weighted by Gasteiger charge is -2.22. The monoisotopic (exact) mass is 492 g/mol. The first-order chi connectivity index (χ1) is 17.9. The summed E-state index contributed by atoms with van der Waals surface area (Å²) in [6.07, 6.45) is 4.67. The number of hydrogen-bond donors (Lipinski definition) is 2. The summed E-state index contributed by atoms with van der Waals surface area (Å²) >= 11 is 0. The number of nitrogens with one attached hydrogen (secondary N) is 1. The van der Waals surface area contributed by atoms with E-state index in [4.69, 9.17) is 5.73 Å². The van der Waals surface area contributed by atoms with Gasteiger partial charge in [0.25, 0.3) is 5.56 Å². The van der Waals surface area contributed by atoms with Crippen LogP contribution in [0, 0.1) is 24.1 Å². The Labute approximate surface area is 211 Å². The second-order valence-corrected chi connectivity index (χ2v) is 8.45. The van der Waals surface area contributed by atoms with E-state index in [2.05, 4.69) is 25.3 Å². The molecule has 0 saturated carbocycles. The predicted molar refractivity (Wildman–Crippen MR) is 138 cm³/mol. The number of nitrogens with zero attached hydrogens (tertiary/aromatic N) is 6. The Morgan fingerprint density at radius 1 is 1.08 bits per heavy atom. The molecule has 0 saturated heterocycles. The first-order valence-electron chi connectivity index (χ1n) is 11.4. The maximum atomic E-state index is 14.3. The molecule has 1 unspecified atom stereocenters. The Hall–Kier alpha value is -5.17. The van der Waals surface area contributed by atoms with Crippen LogP contribution < -0.4 is 16.6 Å². The molecule has 10 heteroatoms. The highest BCUT2D eigenvalue weighted by Gasteiger charge is 2.20. The summed E-state index contributed by atoms with van der Waals surface area (Å²) < 4.78 is 15.7. The van der Waals surface area contributed by atoms with Crippen LogP contribution in [0.3, 0.4) is 0 Å². The van der Waals surface area contributed by atoms with Gasteiger partial charge in [-0.1, -0.05) is 24.3 Å². The molecule has 3 heterocycles. The first kappa shape index (κ1) is 23.6. The molecule has 0 spiro atoms. The van der Waals surface area contributed by atoms with Gasteiger partial charge < -0.3 is 11.1 Å². The van der Waals surface area contributed by atoms with Crippen LogP contribution in [0.15, 0.2) is 71.9 Å². The minimum Gasteiger partial charge on any atom is -0.368 e. The molecule has 0 fully saturated rings. The van der Waals surface area contributed by atoms with Crippen LogP contribution in [0.1, 0.15) is 30.0 Å². The number of rotatable bonds is 5. The molecule has 37 heavy (non-hydrogen) atoms. The van der Waals surface area contributed by atoms with Crippen LogP contribution >= 0.6 is 0 Å². The Morgan fingerprint density at radius 3 is 2.57 bits per heavy atom. The molecule has 9 nitrogen and oxygen atoms in total. The van der Waals surface area contributed by atoms with E-state index in [1.165, 1.54) is 22.9 Å². The Kier molecular flexibility index (Phi) is 6.03. The molecule has 3 aromatic heterocycles. The molecule has 5 rings (SSSR count). The fourth-order valence-corrected chi connectivity index (χ4v) is 4.22. The molecule has 182 valence electrons. The van der Waals surface area contributed by atoms with Crippen LogP contribution in [0.5, 0.6) is 0 Å². The number of benzene rings is 2. The number of pyridine rings is 1. The lowest BCUT2D eigenvalue weighted by molar-refractivity contribution is 0.625. The highest BCUT2D eigenvalue weighted by Crippen LogP contribution is 2.30. The van der Waals surface area contributed by atoms with Gasteiger partial charge in [-0.05, 0) is 49.1 Å². The normalized spacial score (nSPS) is 11.7. The molecule has 0 radical (unpaired) electrons. The molecule has 1 atom stereocenters. The van der Waals surface area contributed by atoms with Crippen molar-refractivity contribution >= 4 is 22.5 Å². The number of nitrogens with two attached hydrogens (primary N) is 1. The third-order valence-electron chi connectivity index (χ3n) is 5.96. The topological polar surface area (TPSA) is 135 Å². The van der Waals surface area contributed by atoms with E-state index in [0.29, 0.717) is 39.1 Å². The molecule has 3 N–H and O–H groups in total. The third kappa shape index (κ3) is 4.46. The number of fused-ring (bicyclic) bond motifs is 1. The van der Waals surface area contributed by atoms with Crippen LogP contribution in [0.2, 0.25) is 0 Å². The number of aryl methyl sites for hydroxylation is 1. The van der Waals surface area contributed by atoms with Crippen molar-refractivity contribution in [3.05, 3.63) is 100 Å². The number of nitrogen functional groups attached to an aromatic ring is 1. The number of anilines is 2. The SMILES string of the molecule is Cc1ncc(-c2cccc3cc(C(C)Nc4nc(N)ncc4C#N)n(-c4cccc(F)c4)c(=O)c23)cn1. The lowest BCUT2D eigenvalue weighted by Crippen LogP contribution is -2.26. The summed E-state index contributed by atoms with van der Waals surface area (Å²) in [5.74, 6) is 0.364. The number of halogens is 1. The van der Waals surface area contributed by atoms with Gasteiger partial charge in [0.15, 0.2) is 0 Å². The van der Waals surface area contributed by atoms with Crippen LogP contribution in [-0.2, 0) is 0 Å². The van der Waals surface area contributed by atoms with E-state index in [0.717, 1.165) is 0 Å². The van der Waals surface area contributed by atoms with Crippen LogP contribution in [-0.4, -0.2) is 24.5 Å². The largest absolute Gasteiger partial charge is 0.368 e. The summed E-state index contributed by atoms with van der Waals surface area (Å²) in [4.78, 5) is 30.7. The number of aromatic nitrogens is 5. The van der Waals surface area contributed by atoms with Crippen molar-refractivity contribution in [3.63, 3.8) is 0 Å². The second-order valence-electron chi connectivity index (χ2n) is 8.45. The van der Waals surface area contributed by atoms with E-state index < -0.39 is 11.9 Å². The third-order valence-corrected chi connectivity index (χ3v) is 5.96. The Balaban J connectivity index is 1.76. The van der Waals surface area contributed by atoms with Gasteiger partial charge in [-0.25, -0.2) is 19.3 Å². The molecular weight excluding hydrogens is 471 g/mol. The average molecular weight is 493 g/mol. The van der Waals surface area contributed by atoms with Crippen molar-refractivity contribution in [3.8, 4) is 22.9 Å². The number of nitriles is 1. The molecule has 5 aromatic rings.